The van der Waals surface area contributed by atoms with Crippen molar-refractivity contribution in [3.63, 3.8) is 0 Å². The summed E-state index contributed by atoms with van der Waals surface area (Å²) >= 11 is 1.93. The molecule has 0 aliphatic rings. The van der Waals surface area contributed by atoms with Crippen LogP contribution in [-0.2, 0) is 0 Å². The molecule has 1 N–H and O–H groups in total. The minimum absolute atomic E-state index is 0.332. The fourth-order valence-electron chi connectivity index (χ4n) is 1.37. The van der Waals surface area contributed by atoms with Crippen LogP contribution in [0.5, 0.6) is 0 Å². The van der Waals surface area contributed by atoms with E-state index in [-0.39, 0.29) is 0 Å². The molecule has 90 valence electrons. The molecule has 0 saturated carbocycles. The summed E-state index contributed by atoms with van der Waals surface area (Å²) in [6, 6.07) is 0. The van der Waals surface area contributed by atoms with Gasteiger partial charge in [0.25, 0.3) is 0 Å². The third kappa shape index (κ3) is 14.1. The van der Waals surface area contributed by atoms with E-state index in [1.807, 2.05) is 11.8 Å². The molecule has 0 aromatic rings. The highest BCUT2D eigenvalue weighted by Gasteiger charge is 1.88. The number of thioether (sulfide) groups is 1. The summed E-state index contributed by atoms with van der Waals surface area (Å²) in [5.74, 6) is 1.26. The molecule has 0 aliphatic heterocycles. The molecule has 0 aromatic carbocycles. The molecule has 0 rings (SSSR count). The number of rotatable bonds is 11. The van der Waals surface area contributed by atoms with Crippen molar-refractivity contribution >= 4 is 11.8 Å². The third-order valence-corrected chi connectivity index (χ3v) is 3.25. The van der Waals surface area contributed by atoms with Gasteiger partial charge in [-0.25, -0.2) is 0 Å². The molecule has 0 unspecified atom stereocenters. The molecular weight excluding hydrogens is 204 g/mol. The predicted octanol–water partition coefficient (Wildman–Crippen LogP) is 4.37. The average molecular weight is 230 g/mol. The highest BCUT2D eigenvalue weighted by Crippen LogP contribution is 2.10. The van der Waals surface area contributed by atoms with E-state index in [1.54, 1.807) is 0 Å². The van der Waals surface area contributed by atoms with Gasteiger partial charge in [-0.2, -0.15) is 0 Å². The van der Waals surface area contributed by atoms with Crippen molar-refractivity contribution in [3.8, 4) is 0 Å². The molecule has 0 spiro atoms. The molecule has 0 aliphatic carbocycles. The molecule has 0 heterocycles. The van der Waals surface area contributed by atoms with E-state index in [4.69, 9.17) is 5.11 Å². The Balaban J connectivity index is 2.96. The van der Waals surface area contributed by atoms with Crippen molar-refractivity contribution in [2.45, 2.75) is 58.3 Å². The quantitative estimate of drug-likeness (QED) is 0.532. The molecule has 0 fully saturated rings. The molecule has 15 heavy (non-hydrogen) atoms. The summed E-state index contributed by atoms with van der Waals surface area (Å²) in [5, 5.41) is 10.8. The third-order valence-electron chi connectivity index (χ3n) is 2.34. The van der Waals surface area contributed by atoms with E-state index >= 15 is 0 Å². The summed E-state index contributed by atoms with van der Waals surface area (Å²) in [7, 11) is 0. The van der Waals surface area contributed by atoms with Crippen molar-refractivity contribution in [1.29, 1.82) is 0 Å². The highest BCUT2D eigenvalue weighted by atomic mass is 32.2. The van der Waals surface area contributed by atoms with Crippen LogP contribution in [0, 0.1) is 0 Å². The van der Waals surface area contributed by atoms with E-state index in [9.17, 15) is 0 Å². The first-order chi connectivity index (χ1) is 7.41. The molecule has 1 nitrogen and oxygen atoms in total. The lowest BCUT2D eigenvalue weighted by Gasteiger charge is -1.97. The van der Waals surface area contributed by atoms with Gasteiger partial charge in [0.2, 0.25) is 0 Å². The average Bonchev–Trinajstić information content (AvgIpc) is 2.26. The van der Waals surface area contributed by atoms with Crippen LogP contribution < -0.4 is 0 Å². The van der Waals surface area contributed by atoms with Crippen LogP contribution in [0.15, 0.2) is 11.5 Å². The topological polar surface area (TPSA) is 20.2 Å². The van der Waals surface area contributed by atoms with Crippen LogP contribution in [0.4, 0.5) is 0 Å². The summed E-state index contributed by atoms with van der Waals surface area (Å²) in [4.78, 5) is 0. The second kappa shape index (κ2) is 14.1. The Morgan fingerprint density at radius 1 is 1.00 bits per heavy atom. The normalized spacial score (nSPS) is 11.3. The van der Waals surface area contributed by atoms with Gasteiger partial charge in [-0.15, -0.1) is 11.8 Å². The molecule has 0 saturated heterocycles. The summed E-state index contributed by atoms with van der Waals surface area (Å²) in [6.45, 7) is 2.59. The zero-order valence-corrected chi connectivity index (χ0v) is 10.9. The molecule has 0 radical (unpaired) electrons. The number of unbranched alkanes of at least 4 members (excludes halogenated alkanes) is 6. The Labute approximate surface area is 99.3 Å². The second-order valence-electron chi connectivity index (χ2n) is 3.88. The molecule has 0 atom stereocenters. The Kier molecular flexibility index (Phi) is 14.1. The van der Waals surface area contributed by atoms with E-state index in [2.05, 4.69) is 18.4 Å². The van der Waals surface area contributed by atoms with Crippen molar-refractivity contribution in [2.24, 2.45) is 0 Å². The lowest BCUT2D eigenvalue weighted by molar-refractivity contribution is 0.285. The maximum Gasteiger partial charge on any atom is 0.0431 e. The van der Waals surface area contributed by atoms with Crippen LogP contribution in [0.1, 0.15) is 58.3 Å². The first-order valence-corrected chi connectivity index (χ1v) is 7.34. The lowest BCUT2D eigenvalue weighted by Crippen LogP contribution is -1.81. The first-order valence-electron chi connectivity index (χ1n) is 6.29. The number of allylic oxidation sites excluding steroid dienone is 1. The van der Waals surface area contributed by atoms with Crippen LogP contribution in [-0.4, -0.2) is 17.5 Å². The van der Waals surface area contributed by atoms with Crippen molar-refractivity contribution < 1.29 is 5.11 Å². The van der Waals surface area contributed by atoms with Crippen LogP contribution in [0.2, 0.25) is 0 Å². The van der Waals surface area contributed by atoms with Crippen molar-refractivity contribution in [2.75, 3.05) is 12.4 Å². The molecular formula is C13H26OS. The van der Waals surface area contributed by atoms with E-state index < -0.39 is 0 Å². The fraction of sp³-hybridized carbons (Fsp3) is 0.846. The second-order valence-corrected chi connectivity index (χ2v) is 4.89. The monoisotopic (exact) mass is 230 g/mol. The maximum atomic E-state index is 8.58. The number of aliphatic hydroxyl groups excluding tert-OH is 1. The number of aliphatic hydroxyl groups is 1. The first kappa shape index (κ1) is 15.0. The van der Waals surface area contributed by atoms with Crippen LogP contribution in [0.3, 0.4) is 0 Å². The van der Waals surface area contributed by atoms with Gasteiger partial charge in [0.15, 0.2) is 0 Å². The van der Waals surface area contributed by atoms with E-state index in [1.165, 1.54) is 37.9 Å². The van der Waals surface area contributed by atoms with Gasteiger partial charge >= 0.3 is 0 Å². The van der Waals surface area contributed by atoms with Gasteiger partial charge < -0.3 is 5.11 Å². The minimum Gasteiger partial charge on any atom is -0.396 e. The highest BCUT2D eigenvalue weighted by molar-refractivity contribution is 8.02. The van der Waals surface area contributed by atoms with Gasteiger partial charge in [-0.05, 0) is 36.8 Å². The zero-order chi connectivity index (χ0) is 11.2. The van der Waals surface area contributed by atoms with E-state index in [0.717, 1.165) is 19.3 Å². The molecule has 0 aromatic heterocycles. The van der Waals surface area contributed by atoms with Gasteiger partial charge in [0.05, 0.1) is 0 Å². The van der Waals surface area contributed by atoms with Crippen molar-refractivity contribution in [1.82, 2.24) is 0 Å². The van der Waals surface area contributed by atoms with Gasteiger partial charge in [-0.1, -0.05) is 38.7 Å². The summed E-state index contributed by atoms with van der Waals surface area (Å²) < 4.78 is 0. The largest absolute Gasteiger partial charge is 0.396 e. The molecule has 0 amide bonds. The standard InChI is InChI=1S/C13H26OS/c1-2-3-4-6-9-12-15-13-10-7-5-8-11-14/h10,13-14H,2-9,11-12H2,1H3. The SMILES string of the molecule is CCCCCCCSC=CCCCCO. The smallest absolute Gasteiger partial charge is 0.0431 e. The summed E-state index contributed by atoms with van der Waals surface area (Å²) in [6.07, 6.45) is 12.3. The lowest BCUT2D eigenvalue weighted by atomic mass is 10.2. The van der Waals surface area contributed by atoms with Gasteiger partial charge in [0.1, 0.15) is 0 Å². The maximum absolute atomic E-state index is 8.58. The predicted molar refractivity (Wildman–Crippen MR) is 71.3 cm³/mol. The Morgan fingerprint density at radius 2 is 1.80 bits per heavy atom. The Hall–Kier alpha value is 0.0500. The fourth-order valence-corrected chi connectivity index (χ4v) is 2.15. The van der Waals surface area contributed by atoms with Crippen LogP contribution in [0.25, 0.3) is 0 Å². The van der Waals surface area contributed by atoms with E-state index in [0.29, 0.717) is 6.61 Å². The number of hydrogen-bond donors (Lipinski definition) is 1. The van der Waals surface area contributed by atoms with Gasteiger partial charge in [-0.3, -0.25) is 0 Å². The molecule has 2 heteroatoms. The zero-order valence-electron chi connectivity index (χ0n) is 10.1. The number of hydrogen-bond acceptors (Lipinski definition) is 2. The Morgan fingerprint density at radius 3 is 2.53 bits per heavy atom. The summed E-state index contributed by atoms with van der Waals surface area (Å²) in [5.41, 5.74) is 0. The Bertz CT molecular complexity index is 134. The van der Waals surface area contributed by atoms with Crippen LogP contribution >= 0.6 is 11.8 Å². The molecule has 0 bridgehead atoms. The van der Waals surface area contributed by atoms with Crippen molar-refractivity contribution in [3.05, 3.63) is 11.5 Å². The van der Waals surface area contributed by atoms with Gasteiger partial charge in [0, 0.05) is 6.61 Å². The minimum atomic E-state index is 0.332.